The van der Waals surface area contributed by atoms with Crippen LogP contribution in [0, 0.1) is 0 Å². The summed E-state index contributed by atoms with van der Waals surface area (Å²) in [5.41, 5.74) is 1.82. The van der Waals surface area contributed by atoms with E-state index in [9.17, 15) is 4.79 Å². The summed E-state index contributed by atoms with van der Waals surface area (Å²) in [4.78, 5) is 20.1. The van der Waals surface area contributed by atoms with Crippen LogP contribution in [0.2, 0.25) is 10.0 Å². The highest BCUT2D eigenvalue weighted by Crippen LogP contribution is 2.40. The number of ether oxygens (including phenoxy) is 3. The molecule has 11 heteroatoms. The lowest BCUT2D eigenvalue weighted by Crippen LogP contribution is -2.36. The number of allylic oxidation sites excluding steroid dienone is 2. The van der Waals surface area contributed by atoms with Gasteiger partial charge in [-0.15, -0.1) is 0 Å². The van der Waals surface area contributed by atoms with Crippen LogP contribution in [0.4, 0.5) is 4.79 Å². The van der Waals surface area contributed by atoms with Gasteiger partial charge in [0.2, 0.25) is 5.79 Å². The van der Waals surface area contributed by atoms with Crippen molar-refractivity contribution in [3.63, 3.8) is 0 Å². The van der Waals surface area contributed by atoms with Gasteiger partial charge in [-0.25, -0.2) is 9.78 Å². The van der Waals surface area contributed by atoms with Gasteiger partial charge in [-0.3, -0.25) is 4.99 Å². The van der Waals surface area contributed by atoms with Gasteiger partial charge < -0.3 is 29.4 Å². The lowest BCUT2D eigenvalue weighted by Gasteiger charge is -2.30. The molecule has 36 heavy (non-hydrogen) atoms. The predicted molar refractivity (Wildman–Crippen MR) is 138 cm³/mol. The maximum absolute atomic E-state index is 11.4. The summed E-state index contributed by atoms with van der Waals surface area (Å²) in [6.45, 7) is 4.69. The molecule has 2 atom stereocenters. The molecule has 1 aromatic heterocycles. The molecule has 0 saturated carbocycles. The number of imidazole rings is 1. The smallest absolute Gasteiger partial charge is 0.314 e. The molecule has 0 bridgehead atoms. The molecule has 194 valence electrons. The van der Waals surface area contributed by atoms with E-state index in [0.29, 0.717) is 55.0 Å². The standard InChI is InChI=1S/C25H31Cl2N5O4/c1-2-29-24(33)31-10-9-30-19-4-6-20(7-5-19)34-14-21-15-35-25(36-21,16-32-12-11-28-17-32)22-8-3-18(26)13-23(22)27/h3,6,8,11-13,17,21H,2,4-5,7,9-10,14-16H2,1H3,(H2,29,31,33). The fourth-order valence-corrected chi connectivity index (χ4v) is 4.71. The average molecular weight is 536 g/mol. The van der Waals surface area contributed by atoms with E-state index in [2.05, 4.69) is 26.7 Å². The predicted octanol–water partition coefficient (Wildman–Crippen LogP) is 4.30. The lowest BCUT2D eigenvalue weighted by atomic mass is 10.0. The highest BCUT2D eigenvalue weighted by Gasteiger charge is 2.45. The zero-order chi connectivity index (χ0) is 25.4. The van der Waals surface area contributed by atoms with Crippen molar-refractivity contribution in [1.29, 1.82) is 0 Å². The number of rotatable bonds is 10. The number of nitrogens with one attached hydrogen (secondary N) is 2. The van der Waals surface area contributed by atoms with Crippen LogP contribution >= 0.6 is 23.2 Å². The minimum Gasteiger partial charge on any atom is -0.495 e. The van der Waals surface area contributed by atoms with Crippen molar-refractivity contribution in [3.8, 4) is 0 Å². The van der Waals surface area contributed by atoms with Crippen LogP contribution < -0.4 is 10.6 Å². The number of carbonyl (C=O) groups excluding carboxylic acids is 1. The van der Waals surface area contributed by atoms with Gasteiger partial charge in [0.05, 0.1) is 36.8 Å². The van der Waals surface area contributed by atoms with E-state index in [1.165, 1.54) is 0 Å². The number of urea groups is 1. The molecule has 2 amide bonds. The molecule has 2 aromatic rings. The number of amides is 2. The first-order valence-corrected chi connectivity index (χ1v) is 12.8. The SMILES string of the molecule is CCNC(=O)NCCN=C1CC=C(OCC2COC(Cn3ccnc3)(c3ccc(Cl)cc3Cl)O2)CC1. The Kier molecular flexibility index (Phi) is 9.25. The fraction of sp³-hybridized carbons (Fsp3) is 0.480. The van der Waals surface area contributed by atoms with Crippen molar-refractivity contribution in [2.75, 3.05) is 32.8 Å². The zero-order valence-electron chi connectivity index (χ0n) is 20.2. The first-order chi connectivity index (χ1) is 17.5. The van der Waals surface area contributed by atoms with E-state index in [0.717, 1.165) is 30.7 Å². The van der Waals surface area contributed by atoms with Crippen LogP contribution in [0.5, 0.6) is 0 Å². The summed E-state index contributed by atoms with van der Waals surface area (Å²) in [7, 11) is 0. The third-order valence-electron chi connectivity index (χ3n) is 5.90. The van der Waals surface area contributed by atoms with Crippen molar-refractivity contribution in [3.05, 3.63) is 64.4 Å². The van der Waals surface area contributed by atoms with E-state index in [4.69, 9.17) is 37.4 Å². The van der Waals surface area contributed by atoms with Crippen LogP contribution in [0.15, 0.2) is 53.7 Å². The summed E-state index contributed by atoms with van der Waals surface area (Å²) >= 11 is 12.6. The zero-order valence-corrected chi connectivity index (χ0v) is 21.7. The number of aromatic nitrogens is 2. The van der Waals surface area contributed by atoms with E-state index < -0.39 is 5.79 Å². The van der Waals surface area contributed by atoms with Crippen molar-refractivity contribution < 1.29 is 19.0 Å². The van der Waals surface area contributed by atoms with E-state index >= 15 is 0 Å². The molecule has 1 fully saturated rings. The van der Waals surface area contributed by atoms with Gasteiger partial charge >= 0.3 is 6.03 Å². The van der Waals surface area contributed by atoms with Gasteiger partial charge in [-0.05, 0) is 31.6 Å². The van der Waals surface area contributed by atoms with Crippen molar-refractivity contribution in [2.24, 2.45) is 4.99 Å². The fourth-order valence-electron chi connectivity index (χ4n) is 4.16. The second kappa shape index (κ2) is 12.6. The van der Waals surface area contributed by atoms with Crippen LogP contribution in [0.3, 0.4) is 0 Å². The second-order valence-corrected chi connectivity index (χ2v) is 9.43. The van der Waals surface area contributed by atoms with E-state index in [1.54, 1.807) is 24.7 Å². The summed E-state index contributed by atoms with van der Waals surface area (Å²) in [5.74, 6) is -0.145. The molecule has 1 aliphatic heterocycles. The summed E-state index contributed by atoms with van der Waals surface area (Å²) < 4.78 is 20.6. The van der Waals surface area contributed by atoms with Gasteiger partial charge in [0.25, 0.3) is 0 Å². The van der Waals surface area contributed by atoms with E-state index in [-0.39, 0.29) is 12.1 Å². The minimum absolute atomic E-state index is 0.164. The number of aliphatic imine (C=N–C) groups is 1. The Balaban J connectivity index is 1.30. The first kappa shape index (κ1) is 26.5. The molecule has 0 radical (unpaired) electrons. The maximum atomic E-state index is 11.4. The molecule has 0 spiro atoms. The largest absolute Gasteiger partial charge is 0.495 e. The molecule has 1 aliphatic carbocycles. The van der Waals surface area contributed by atoms with E-state index in [1.807, 2.05) is 23.8 Å². The Morgan fingerprint density at radius 3 is 2.94 bits per heavy atom. The number of nitrogens with zero attached hydrogens (tertiary/aromatic N) is 3. The number of hydrogen-bond donors (Lipinski definition) is 2. The Bertz CT molecular complexity index is 1090. The van der Waals surface area contributed by atoms with Crippen LogP contribution in [-0.4, -0.2) is 60.2 Å². The van der Waals surface area contributed by atoms with Gasteiger partial charge in [0.1, 0.15) is 12.7 Å². The Labute approximate surface area is 220 Å². The quantitative estimate of drug-likeness (QED) is 0.442. The van der Waals surface area contributed by atoms with Crippen LogP contribution in [0.25, 0.3) is 0 Å². The first-order valence-electron chi connectivity index (χ1n) is 12.1. The Morgan fingerprint density at radius 1 is 1.33 bits per heavy atom. The van der Waals surface area contributed by atoms with Crippen molar-refractivity contribution in [1.82, 2.24) is 20.2 Å². The molecule has 4 rings (SSSR count). The van der Waals surface area contributed by atoms with Crippen molar-refractivity contribution in [2.45, 2.75) is 44.6 Å². The third kappa shape index (κ3) is 7.00. The lowest BCUT2D eigenvalue weighted by molar-refractivity contribution is -0.190. The molecule has 1 aromatic carbocycles. The van der Waals surface area contributed by atoms with Gasteiger partial charge in [0.15, 0.2) is 0 Å². The monoisotopic (exact) mass is 535 g/mol. The number of hydrogen-bond acceptors (Lipinski definition) is 6. The molecule has 2 unspecified atom stereocenters. The molecular formula is C25H31Cl2N5O4. The summed E-state index contributed by atoms with van der Waals surface area (Å²) in [6.07, 6.45) is 9.41. The van der Waals surface area contributed by atoms with Gasteiger partial charge in [-0.2, -0.15) is 0 Å². The summed E-state index contributed by atoms with van der Waals surface area (Å²) in [6, 6.07) is 5.13. The highest BCUT2D eigenvalue weighted by molar-refractivity contribution is 6.35. The Hall–Kier alpha value is -2.59. The average Bonchev–Trinajstić information content (AvgIpc) is 3.52. The second-order valence-electron chi connectivity index (χ2n) is 8.58. The third-order valence-corrected chi connectivity index (χ3v) is 6.45. The summed E-state index contributed by atoms with van der Waals surface area (Å²) in [5, 5.41) is 6.50. The molecule has 1 saturated heterocycles. The van der Waals surface area contributed by atoms with Crippen molar-refractivity contribution >= 4 is 34.9 Å². The van der Waals surface area contributed by atoms with Crippen LogP contribution in [0.1, 0.15) is 31.7 Å². The Morgan fingerprint density at radius 2 is 2.22 bits per heavy atom. The van der Waals surface area contributed by atoms with Crippen LogP contribution in [-0.2, 0) is 26.5 Å². The number of carbonyl (C=O) groups is 1. The highest BCUT2D eigenvalue weighted by atomic mass is 35.5. The molecule has 2 heterocycles. The molecular weight excluding hydrogens is 505 g/mol. The molecule has 2 aliphatic rings. The number of halogens is 2. The molecule has 9 nitrogen and oxygen atoms in total. The topological polar surface area (TPSA) is 99.0 Å². The van der Waals surface area contributed by atoms with Gasteiger partial charge in [0, 0.05) is 54.6 Å². The maximum Gasteiger partial charge on any atom is 0.314 e. The number of benzene rings is 1. The van der Waals surface area contributed by atoms with Gasteiger partial charge in [-0.1, -0.05) is 29.3 Å². The normalized spacial score (nSPS) is 22.9. The minimum atomic E-state index is -1.07. The molecule has 2 N–H and O–H groups in total.